The van der Waals surface area contributed by atoms with Crippen molar-refractivity contribution in [1.29, 1.82) is 0 Å². The van der Waals surface area contributed by atoms with Gasteiger partial charge in [-0.25, -0.2) is 9.59 Å². The fraction of sp³-hybridized carbons (Fsp3) is 0.514. The molecule has 2 saturated carbocycles. The van der Waals surface area contributed by atoms with Crippen LogP contribution in [0.1, 0.15) is 76.2 Å². The van der Waals surface area contributed by atoms with E-state index in [4.69, 9.17) is 9.57 Å². The van der Waals surface area contributed by atoms with Gasteiger partial charge in [0, 0.05) is 28.3 Å². The minimum atomic E-state index is -1.41. The molecule has 0 radical (unpaired) electrons. The topological polar surface area (TPSA) is 147 Å². The van der Waals surface area contributed by atoms with Crippen LogP contribution in [0.5, 0.6) is 0 Å². The van der Waals surface area contributed by atoms with E-state index < -0.39 is 47.6 Å². The number of aliphatic carboxylic acids is 1. The third kappa shape index (κ3) is 7.69. The average molecular weight is 663 g/mol. The van der Waals surface area contributed by atoms with E-state index in [9.17, 15) is 24.3 Å². The summed E-state index contributed by atoms with van der Waals surface area (Å²) >= 11 is 1.62. The van der Waals surface area contributed by atoms with Crippen molar-refractivity contribution in [3.8, 4) is 10.4 Å². The number of hydrogen-bond acceptors (Lipinski definition) is 8. The van der Waals surface area contributed by atoms with Crippen LogP contribution in [0.4, 0.5) is 4.79 Å². The maximum Gasteiger partial charge on any atom is 0.408 e. The fourth-order valence-corrected chi connectivity index (χ4v) is 7.68. The minimum Gasteiger partial charge on any atom is -0.479 e. The third-order valence-corrected chi connectivity index (χ3v) is 10.5. The summed E-state index contributed by atoms with van der Waals surface area (Å²) < 4.78 is 5.61. The van der Waals surface area contributed by atoms with Crippen molar-refractivity contribution < 1.29 is 33.9 Å². The molecule has 1 aromatic carbocycles. The van der Waals surface area contributed by atoms with Gasteiger partial charge in [0.05, 0.1) is 12.8 Å². The average Bonchev–Trinajstić information content (AvgIpc) is 3.55. The van der Waals surface area contributed by atoms with Crippen LogP contribution in [0.25, 0.3) is 10.4 Å². The van der Waals surface area contributed by atoms with E-state index in [1.807, 2.05) is 53.9 Å². The number of rotatable bonds is 7. The zero-order valence-corrected chi connectivity index (χ0v) is 27.2. The van der Waals surface area contributed by atoms with E-state index >= 15 is 0 Å². The second-order valence-corrected chi connectivity index (χ2v) is 13.9. The number of carboxylic acid groups (broad SMARTS) is 1. The Hall–Kier alpha value is -4.19. The number of fused-ring (bicyclic) bond motifs is 2. The molecule has 2 aliphatic carbocycles. The Morgan fingerprint density at radius 1 is 1.04 bits per heavy atom. The first-order valence-electron chi connectivity index (χ1n) is 16.7. The molecule has 2 aliphatic heterocycles. The number of nitrogens with zero attached hydrogens (tertiary/aromatic N) is 2. The summed E-state index contributed by atoms with van der Waals surface area (Å²) in [6, 6.07) is 9.93. The predicted molar refractivity (Wildman–Crippen MR) is 177 cm³/mol. The maximum absolute atomic E-state index is 14.2. The normalized spacial score (nSPS) is 29.2. The molecule has 5 atom stereocenters. The number of thiophene rings is 1. The minimum absolute atomic E-state index is 0.0556. The molecule has 0 spiro atoms. The number of amides is 3. The van der Waals surface area contributed by atoms with E-state index in [2.05, 4.69) is 15.8 Å². The molecule has 1 aromatic heterocycles. The predicted octanol–water partition coefficient (Wildman–Crippen LogP) is 5.25. The highest BCUT2D eigenvalue weighted by Crippen LogP contribution is 2.45. The number of nitrogens with one attached hydrogen (secondary N) is 2. The first kappa shape index (κ1) is 32.7. The van der Waals surface area contributed by atoms with Gasteiger partial charge < -0.3 is 30.2 Å². The van der Waals surface area contributed by atoms with Gasteiger partial charge in [0.25, 0.3) is 0 Å². The Kier molecular flexibility index (Phi) is 10.2. The second kappa shape index (κ2) is 14.7. The smallest absolute Gasteiger partial charge is 0.408 e. The molecule has 0 bridgehead atoms. The van der Waals surface area contributed by atoms with Crippen LogP contribution in [0.2, 0.25) is 0 Å². The van der Waals surface area contributed by atoms with Crippen molar-refractivity contribution in [2.24, 2.45) is 11.1 Å². The standard InChI is InChI=1S/C35H42N4O7S/c40-31-29-19-26(46-36-21-23-11-6-9-15-27(23)30-17-10-18-47-30)22-39(29)32(41)28(37-34(44)45-25-13-7-8-14-25)16-5-3-1-2-4-12-24-20-35(24,38-31)33(42)43/h4,6,9-12,15,17-18,21,24-26,28-29H,1-3,5,7-8,13-14,16,19-20,22H2,(H,37,44)(H,38,40)(H,42,43)/b12-4-,36-21+/t24-,26-,28+,29+,35?/m1/s1. The largest absolute Gasteiger partial charge is 0.479 e. The maximum atomic E-state index is 14.2. The van der Waals surface area contributed by atoms with Crippen LogP contribution >= 0.6 is 11.3 Å². The van der Waals surface area contributed by atoms with Crippen molar-refractivity contribution in [2.75, 3.05) is 6.54 Å². The summed E-state index contributed by atoms with van der Waals surface area (Å²) in [7, 11) is 0. The summed E-state index contributed by atoms with van der Waals surface area (Å²) in [5.41, 5.74) is 0.458. The van der Waals surface area contributed by atoms with E-state index in [1.54, 1.807) is 17.6 Å². The van der Waals surface area contributed by atoms with E-state index in [0.717, 1.165) is 60.9 Å². The summed E-state index contributed by atoms with van der Waals surface area (Å²) in [6.45, 7) is 0.0556. The molecule has 11 nitrogen and oxygen atoms in total. The number of carboxylic acids is 1. The number of oxime groups is 1. The van der Waals surface area contributed by atoms with Crippen molar-refractivity contribution >= 4 is 41.4 Å². The van der Waals surface area contributed by atoms with Gasteiger partial charge in [-0.2, -0.15) is 0 Å². The van der Waals surface area contributed by atoms with Crippen molar-refractivity contribution in [3.63, 3.8) is 0 Å². The summed E-state index contributed by atoms with van der Waals surface area (Å²) in [4.78, 5) is 61.6. The quantitative estimate of drug-likeness (QED) is 0.209. The first-order chi connectivity index (χ1) is 22.8. The highest BCUT2D eigenvalue weighted by molar-refractivity contribution is 7.13. The van der Waals surface area contributed by atoms with Gasteiger partial charge >= 0.3 is 12.1 Å². The molecule has 3 N–H and O–H groups in total. The van der Waals surface area contributed by atoms with Crippen LogP contribution in [-0.4, -0.2) is 76.5 Å². The molecule has 1 saturated heterocycles. The lowest BCUT2D eigenvalue weighted by Crippen LogP contribution is -2.56. The van der Waals surface area contributed by atoms with Crippen molar-refractivity contribution in [1.82, 2.24) is 15.5 Å². The number of allylic oxidation sites excluding steroid dienone is 1. The monoisotopic (exact) mass is 662 g/mol. The first-order valence-corrected chi connectivity index (χ1v) is 17.5. The third-order valence-electron chi connectivity index (χ3n) is 9.64. The SMILES string of the molecule is O=C(N[C@H]1CCCCC/C=C\[C@@H]2CC2(C(=O)O)NC(=O)[C@@H]2C[C@@H](O/N=C/c3ccccc3-c3cccs3)CN2C1=O)OC1CCCC1. The summed E-state index contributed by atoms with van der Waals surface area (Å²) in [5, 5.41) is 21.9. The van der Waals surface area contributed by atoms with Crippen molar-refractivity contribution in [2.45, 2.75) is 100 Å². The van der Waals surface area contributed by atoms with Crippen LogP contribution in [0.15, 0.2) is 59.1 Å². The molecule has 12 heteroatoms. The molecular weight excluding hydrogens is 620 g/mol. The molecule has 3 fully saturated rings. The van der Waals surface area contributed by atoms with Crippen LogP contribution in [-0.2, 0) is 24.0 Å². The van der Waals surface area contributed by atoms with Crippen molar-refractivity contribution in [3.05, 3.63) is 59.5 Å². The van der Waals surface area contributed by atoms with Crippen LogP contribution in [0, 0.1) is 5.92 Å². The molecule has 3 heterocycles. The number of alkyl carbamates (subject to hydrolysis) is 1. The zero-order valence-electron chi connectivity index (χ0n) is 26.3. The molecule has 4 aliphatic rings. The van der Waals surface area contributed by atoms with E-state index in [-0.39, 0.29) is 31.4 Å². The molecule has 1 unspecified atom stereocenters. The van der Waals surface area contributed by atoms with Gasteiger partial charge in [-0.1, -0.05) is 60.5 Å². The van der Waals surface area contributed by atoms with Gasteiger partial charge in [-0.3, -0.25) is 9.59 Å². The number of hydrogen-bond donors (Lipinski definition) is 3. The highest BCUT2D eigenvalue weighted by Gasteiger charge is 2.61. The van der Waals surface area contributed by atoms with E-state index in [0.29, 0.717) is 12.8 Å². The lowest BCUT2D eigenvalue weighted by atomic mass is 10.0. The van der Waals surface area contributed by atoms with E-state index in [1.165, 1.54) is 4.90 Å². The molecule has 3 amide bonds. The molecular formula is C35H42N4O7S. The number of carbonyl (C=O) groups excluding carboxylic acids is 3. The van der Waals surface area contributed by atoms with Gasteiger partial charge in [-0.15, -0.1) is 11.3 Å². The Morgan fingerprint density at radius 3 is 2.64 bits per heavy atom. The molecule has 6 rings (SSSR count). The highest BCUT2D eigenvalue weighted by atomic mass is 32.1. The Balaban J connectivity index is 1.22. The lowest BCUT2D eigenvalue weighted by Gasteiger charge is -2.29. The fourth-order valence-electron chi connectivity index (χ4n) is 6.91. The molecule has 2 aromatic rings. The Bertz CT molecular complexity index is 1500. The Labute approximate surface area is 278 Å². The lowest BCUT2D eigenvalue weighted by molar-refractivity contribution is -0.145. The Morgan fingerprint density at radius 2 is 1.85 bits per heavy atom. The summed E-state index contributed by atoms with van der Waals surface area (Å²) in [5.74, 6) is -2.40. The number of ether oxygens (including phenoxy) is 1. The molecule has 250 valence electrons. The van der Waals surface area contributed by atoms with Gasteiger partial charge in [0.15, 0.2) is 0 Å². The summed E-state index contributed by atoms with van der Waals surface area (Å²) in [6.07, 6.45) is 11.6. The van der Waals surface area contributed by atoms with Gasteiger partial charge in [-0.05, 0) is 62.8 Å². The van der Waals surface area contributed by atoms with Crippen LogP contribution < -0.4 is 10.6 Å². The van der Waals surface area contributed by atoms with Gasteiger partial charge in [0.2, 0.25) is 11.8 Å². The van der Waals surface area contributed by atoms with Crippen LogP contribution in [0.3, 0.4) is 0 Å². The zero-order chi connectivity index (χ0) is 32.8. The van der Waals surface area contributed by atoms with Gasteiger partial charge in [0.1, 0.15) is 29.8 Å². The molecule has 47 heavy (non-hydrogen) atoms. The second-order valence-electron chi connectivity index (χ2n) is 12.9. The number of carbonyl (C=O) groups is 4. The number of benzene rings is 1.